The van der Waals surface area contributed by atoms with Crippen LogP contribution in [0.1, 0.15) is 32.3 Å². The predicted molar refractivity (Wildman–Crippen MR) is 77.5 cm³/mol. The van der Waals surface area contributed by atoms with Gasteiger partial charge >= 0.3 is 12.3 Å². The molecule has 0 saturated carbocycles. The van der Waals surface area contributed by atoms with E-state index in [-0.39, 0.29) is 12.1 Å². The number of halogens is 3. The van der Waals surface area contributed by atoms with Gasteiger partial charge in [-0.2, -0.15) is 13.2 Å². The summed E-state index contributed by atoms with van der Waals surface area (Å²) in [6.07, 6.45) is -5.30. The number of amides is 1. The highest BCUT2D eigenvalue weighted by Crippen LogP contribution is 2.36. The van der Waals surface area contributed by atoms with Gasteiger partial charge in [0.15, 0.2) is 0 Å². The SMILES string of the molecule is CC(C)(C)OC(=O)NCC(N)C(c1ccccc1)C(F)(F)F. The monoisotopic (exact) mass is 318 g/mol. The lowest BCUT2D eigenvalue weighted by atomic mass is 9.91. The summed E-state index contributed by atoms with van der Waals surface area (Å²) in [6.45, 7) is 4.65. The highest BCUT2D eigenvalue weighted by molar-refractivity contribution is 5.67. The molecule has 2 unspecified atom stereocenters. The number of rotatable bonds is 4. The molecule has 0 aromatic heterocycles. The van der Waals surface area contributed by atoms with E-state index in [0.29, 0.717) is 0 Å². The van der Waals surface area contributed by atoms with Crippen LogP contribution in [0.2, 0.25) is 0 Å². The van der Waals surface area contributed by atoms with E-state index in [1.807, 2.05) is 0 Å². The Morgan fingerprint density at radius 1 is 1.23 bits per heavy atom. The molecule has 2 atom stereocenters. The van der Waals surface area contributed by atoms with E-state index in [9.17, 15) is 18.0 Å². The van der Waals surface area contributed by atoms with Crippen LogP contribution in [0.25, 0.3) is 0 Å². The van der Waals surface area contributed by atoms with Crippen LogP contribution in [-0.4, -0.2) is 30.5 Å². The number of carbonyl (C=O) groups is 1. The highest BCUT2D eigenvalue weighted by atomic mass is 19.4. The Morgan fingerprint density at radius 2 is 1.77 bits per heavy atom. The summed E-state index contributed by atoms with van der Waals surface area (Å²) in [5.74, 6) is -1.86. The quantitative estimate of drug-likeness (QED) is 0.896. The Bertz CT molecular complexity index is 484. The summed E-state index contributed by atoms with van der Waals surface area (Å²) in [5.41, 5.74) is 5.00. The maximum Gasteiger partial charge on any atom is 0.407 e. The van der Waals surface area contributed by atoms with Crippen LogP contribution < -0.4 is 11.1 Å². The summed E-state index contributed by atoms with van der Waals surface area (Å²) < 4.78 is 44.7. The van der Waals surface area contributed by atoms with Gasteiger partial charge in [-0.05, 0) is 26.3 Å². The maximum absolute atomic E-state index is 13.2. The van der Waals surface area contributed by atoms with Gasteiger partial charge in [0.05, 0.1) is 5.92 Å². The predicted octanol–water partition coefficient (Wildman–Crippen LogP) is 3.18. The minimum absolute atomic E-state index is 0.0634. The lowest BCUT2D eigenvalue weighted by molar-refractivity contribution is -0.154. The Kier molecular flexibility index (Phi) is 5.82. The molecule has 22 heavy (non-hydrogen) atoms. The molecule has 0 bridgehead atoms. The first-order chi connectivity index (χ1) is 10.0. The Hall–Kier alpha value is -1.76. The summed E-state index contributed by atoms with van der Waals surface area (Å²) in [7, 11) is 0. The van der Waals surface area contributed by atoms with Crippen LogP contribution in [0.15, 0.2) is 30.3 Å². The van der Waals surface area contributed by atoms with Crippen molar-refractivity contribution in [3.05, 3.63) is 35.9 Å². The molecule has 0 aliphatic carbocycles. The van der Waals surface area contributed by atoms with Gasteiger partial charge in [-0.1, -0.05) is 30.3 Å². The van der Waals surface area contributed by atoms with Crippen molar-refractivity contribution in [2.24, 2.45) is 5.73 Å². The van der Waals surface area contributed by atoms with Crippen molar-refractivity contribution >= 4 is 6.09 Å². The first-order valence-corrected chi connectivity index (χ1v) is 6.85. The zero-order valence-electron chi connectivity index (χ0n) is 12.8. The second-order valence-electron chi connectivity index (χ2n) is 5.98. The lowest BCUT2D eigenvalue weighted by Crippen LogP contribution is -2.46. The molecule has 0 heterocycles. The van der Waals surface area contributed by atoms with Crippen LogP contribution >= 0.6 is 0 Å². The fourth-order valence-corrected chi connectivity index (χ4v) is 1.97. The third-order valence-electron chi connectivity index (χ3n) is 2.82. The molecule has 1 aromatic carbocycles. The number of ether oxygens (including phenoxy) is 1. The number of hydrogen-bond donors (Lipinski definition) is 2. The second kappa shape index (κ2) is 7.00. The molecule has 0 fully saturated rings. The smallest absolute Gasteiger partial charge is 0.407 e. The third-order valence-corrected chi connectivity index (χ3v) is 2.82. The molecule has 7 heteroatoms. The van der Waals surface area contributed by atoms with Gasteiger partial charge in [-0.15, -0.1) is 0 Å². The van der Waals surface area contributed by atoms with Crippen LogP contribution in [0.3, 0.4) is 0 Å². The van der Waals surface area contributed by atoms with Gasteiger partial charge in [-0.3, -0.25) is 0 Å². The number of nitrogens with two attached hydrogens (primary N) is 1. The molecule has 124 valence electrons. The van der Waals surface area contributed by atoms with Crippen molar-refractivity contribution < 1.29 is 22.7 Å². The number of hydrogen-bond acceptors (Lipinski definition) is 3. The van der Waals surface area contributed by atoms with Gasteiger partial charge in [-0.25, -0.2) is 4.79 Å². The standard InChI is InChI=1S/C15H21F3N2O2/c1-14(2,3)22-13(21)20-9-11(19)12(15(16,17)18)10-7-5-4-6-8-10/h4-8,11-12H,9,19H2,1-3H3,(H,20,21). The van der Waals surface area contributed by atoms with E-state index in [2.05, 4.69) is 5.32 Å². The third kappa shape index (κ3) is 5.93. The fraction of sp³-hybridized carbons (Fsp3) is 0.533. The van der Waals surface area contributed by atoms with Gasteiger partial charge in [0, 0.05) is 12.6 Å². The number of alkyl halides is 3. The summed E-state index contributed by atoms with van der Waals surface area (Å²) in [6, 6.07) is 6.08. The Morgan fingerprint density at radius 3 is 2.23 bits per heavy atom. The van der Waals surface area contributed by atoms with E-state index in [1.54, 1.807) is 26.8 Å². The van der Waals surface area contributed by atoms with Crippen LogP contribution in [0.4, 0.5) is 18.0 Å². The minimum Gasteiger partial charge on any atom is -0.444 e. The zero-order chi connectivity index (χ0) is 17.0. The van der Waals surface area contributed by atoms with Crippen molar-refractivity contribution in [1.82, 2.24) is 5.32 Å². The molecule has 1 amide bonds. The molecular formula is C15H21F3N2O2. The zero-order valence-corrected chi connectivity index (χ0v) is 12.8. The highest BCUT2D eigenvalue weighted by Gasteiger charge is 2.44. The first kappa shape index (κ1) is 18.3. The molecule has 1 aromatic rings. The van der Waals surface area contributed by atoms with E-state index >= 15 is 0 Å². The molecule has 4 nitrogen and oxygen atoms in total. The van der Waals surface area contributed by atoms with E-state index in [1.165, 1.54) is 24.3 Å². The number of benzene rings is 1. The molecule has 0 spiro atoms. The Labute approximate surface area is 127 Å². The van der Waals surface area contributed by atoms with Gasteiger partial charge in [0.1, 0.15) is 5.60 Å². The molecule has 3 N–H and O–H groups in total. The summed E-state index contributed by atoms with van der Waals surface area (Å²) in [4.78, 5) is 11.5. The average molecular weight is 318 g/mol. The number of alkyl carbamates (subject to hydrolysis) is 1. The summed E-state index contributed by atoms with van der Waals surface area (Å²) >= 11 is 0. The molecule has 0 aliphatic rings. The second-order valence-corrected chi connectivity index (χ2v) is 5.98. The molecule has 0 radical (unpaired) electrons. The molecule has 1 rings (SSSR count). The first-order valence-electron chi connectivity index (χ1n) is 6.85. The fourth-order valence-electron chi connectivity index (χ4n) is 1.97. The van der Waals surface area contributed by atoms with E-state index in [4.69, 9.17) is 10.5 Å². The van der Waals surface area contributed by atoms with Crippen LogP contribution in [-0.2, 0) is 4.74 Å². The van der Waals surface area contributed by atoms with Gasteiger partial charge < -0.3 is 15.8 Å². The topological polar surface area (TPSA) is 64.3 Å². The van der Waals surface area contributed by atoms with E-state index in [0.717, 1.165) is 0 Å². The average Bonchev–Trinajstić information content (AvgIpc) is 2.34. The molecular weight excluding hydrogens is 297 g/mol. The number of carbonyl (C=O) groups excluding carboxylic acids is 1. The van der Waals surface area contributed by atoms with Crippen molar-refractivity contribution in [2.45, 2.75) is 44.5 Å². The normalized spacial score (nSPS) is 15.0. The van der Waals surface area contributed by atoms with Crippen molar-refractivity contribution in [3.8, 4) is 0 Å². The largest absolute Gasteiger partial charge is 0.444 e. The Balaban J connectivity index is 2.74. The van der Waals surface area contributed by atoms with Crippen LogP contribution in [0.5, 0.6) is 0 Å². The van der Waals surface area contributed by atoms with Gasteiger partial charge in [0.25, 0.3) is 0 Å². The summed E-state index contributed by atoms with van der Waals surface area (Å²) in [5, 5.41) is 2.28. The van der Waals surface area contributed by atoms with E-state index < -0.39 is 29.8 Å². The van der Waals surface area contributed by atoms with Crippen molar-refractivity contribution in [1.29, 1.82) is 0 Å². The van der Waals surface area contributed by atoms with Crippen LogP contribution in [0, 0.1) is 0 Å². The van der Waals surface area contributed by atoms with Crippen molar-refractivity contribution in [2.75, 3.05) is 6.54 Å². The molecule has 0 aliphatic heterocycles. The number of nitrogens with one attached hydrogen (secondary N) is 1. The maximum atomic E-state index is 13.2. The van der Waals surface area contributed by atoms with Gasteiger partial charge in [0.2, 0.25) is 0 Å². The molecule has 0 saturated heterocycles. The lowest BCUT2D eigenvalue weighted by Gasteiger charge is -2.27. The van der Waals surface area contributed by atoms with Crippen molar-refractivity contribution in [3.63, 3.8) is 0 Å². The minimum atomic E-state index is -4.50.